The number of nitrogens with zero attached hydrogens (tertiary/aromatic N) is 1. The van der Waals surface area contributed by atoms with Crippen molar-refractivity contribution in [2.75, 3.05) is 13.7 Å². The van der Waals surface area contributed by atoms with Crippen molar-refractivity contribution in [1.29, 1.82) is 0 Å². The molecule has 0 radical (unpaired) electrons. The average Bonchev–Trinajstić information content (AvgIpc) is 3.27. The fourth-order valence-corrected chi connectivity index (χ4v) is 4.35. The van der Waals surface area contributed by atoms with Crippen molar-refractivity contribution >= 4 is 24.4 Å². The van der Waals surface area contributed by atoms with Gasteiger partial charge in [-0.05, 0) is 69.4 Å². The minimum atomic E-state index is -0.861. The number of aliphatic hydroxyl groups excluding tert-OH is 1. The highest BCUT2D eigenvalue weighted by atomic mass is 19.1. The third-order valence-electron chi connectivity index (χ3n) is 7.37. The van der Waals surface area contributed by atoms with Gasteiger partial charge in [-0.2, -0.15) is 0 Å². The number of halogens is 1. The summed E-state index contributed by atoms with van der Waals surface area (Å²) in [5.74, 6) is -1.02. The van der Waals surface area contributed by atoms with Gasteiger partial charge < -0.3 is 29.4 Å². The Kier molecular flexibility index (Phi) is 6.89. The molecule has 4 rings (SSSR count). The van der Waals surface area contributed by atoms with E-state index in [0.717, 1.165) is 11.0 Å². The van der Waals surface area contributed by atoms with Gasteiger partial charge in [-0.3, -0.25) is 9.59 Å². The minimum absolute atomic E-state index is 0.268. The quantitative estimate of drug-likeness (QED) is 0.569. The van der Waals surface area contributed by atoms with Crippen LogP contribution in [0.25, 0.3) is 0 Å². The summed E-state index contributed by atoms with van der Waals surface area (Å²) < 4.78 is 31.2. The summed E-state index contributed by atoms with van der Waals surface area (Å²) in [7, 11) is 0.804. The second-order valence-corrected chi connectivity index (χ2v) is 10.3. The van der Waals surface area contributed by atoms with Gasteiger partial charge in [0, 0.05) is 18.2 Å². The summed E-state index contributed by atoms with van der Waals surface area (Å²) >= 11 is 0. The number of fused-ring (bicyclic) bond motifs is 1. The summed E-state index contributed by atoms with van der Waals surface area (Å²) in [5.41, 5.74) is 1.38. The number of ether oxygens (including phenoxy) is 1. The molecule has 2 aromatic carbocycles. The Morgan fingerprint density at radius 1 is 1.19 bits per heavy atom. The number of carbonyl (C=O) groups excluding carboxylic acids is 2. The van der Waals surface area contributed by atoms with Gasteiger partial charge in [-0.15, -0.1) is 0 Å². The summed E-state index contributed by atoms with van der Waals surface area (Å²) in [5, 5.41) is 12.6. The van der Waals surface area contributed by atoms with E-state index in [1.807, 2.05) is 39.8 Å². The molecule has 0 saturated carbocycles. The Morgan fingerprint density at radius 3 is 2.47 bits per heavy atom. The van der Waals surface area contributed by atoms with Crippen molar-refractivity contribution < 1.29 is 33.1 Å². The van der Waals surface area contributed by atoms with Gasteiger partial charge in [-0.25, -0.2) is 4.39 Å². The van der Waals surface area contributed by atoms with Gasteiger partial charge in [0.15, 0.2) is 0 Å². The predicted molar refractivity (Wildman–Crippen MR) is 132 cm³/mol. The zero-order valence-electron chi connectivity index (χ0n) is 21.4. The Labute approximate surface area is 210 Å². The van der Waals surface area contributed by atoms with Crippen LogP contribution in [0.5, 0.6) is 5.75 Å². The largest absolute Gasteiger partial charge is 0.497 e. The molecule has 0 aliphatic carbocycles. The maximum atomic E-state index is 13.9. The van der Waals surface area contributed by atoms with Gasteiger partial charge in [0.2, 0.25) is 5.91 Å². The number of aliphatic hydroxyl groups is 1. The first kappa shape index (κ1) is 26.1. The molecule has 10 heteroatoms. The first-order valence-electron chi connectivity index (χ1n) is 11.9. The van der Waals surface area contributed by atoms with E-state index in [-0.39, 0.29) is 18.2 Å². The van der Waals surface area contributed by atoms with Crippen molar-refractivity contribution in [3.05, 3.63) is 58.9 Å². The molecule has 2 amide bonds. The molecule has 0 spiro atoms. The first-order valence-corrected chi connectivity index (χ1v) is 11.9. The highest BCUT2D eigenvalue weighted by molar-refractivity contribution is 6.62. The molecule has 2 N–H and O–H groups in total. The number of amides is 2. The Bertz CT molecular complexity index is 1170. The van der Waals surface area contributed by atoms with Crippen LogP contribution < -0.4 is 15.5 Å². The second kappa shape index (κ2) is 9.50. The topological polar surface area (TPSA) is 97.3 Å². The van der Waals surface area contributed by atoms with Crippen LogP contribution in [-0.4, -0.2) is 59.9 Å². The van der Waals surface area contributed by atoms with Crippen LogP contribution in [0, 0.1) is 5.82 Å². The number of methoxy groups -OCH3 is 1. The molecule has 2 aliphatic rings. The van der Waals surface area contributed by atoms with Gasteiger partial charge in [0.1, 0.15) is 17.6 Å². The fourth-order valence-electron chi connectivity index (χ4n) is 4.35. The monoisotopic (exact) mass is 498 g/mol. The normalized spacial score (nSPS) is 19.7. The number of carbonyl (C=O) groups is 2. The second-order valence-electron chi connectivity index (χ2n) is 10.3. The standard InChI is InChI=1S/C26H32BFN2O6/c1-15(23(32)29-22(14-31)17-9-19(28)12-20(10-17)34-6)30-13-16-7-8-18(11-21(16)24(30)33)27-35-25(2,3)26(4,5)36-27/h7-12,15,22,31H,13-14H2,1-6H3,(H,29,32). The van der Waals surface area contributed by atoms with E-state index in [0.29, 0.717) is 11.1 Å². The lowest BCUT2D eigenvalue weighted by atomic mass is 9.78. The number of hydrogen-bond acceptors (Lipinski definition) is 6. The average molecular weight is 498 g/mol. The molecule has 2 heterocycles. The molecule has 0 aromatic heterocycles. The third-order valence-corrected chi connectivity index (χ3v) is 7.37. The predicted octanol–water partition coefficient (Wildman–Crippen LogP) is 2.33. The zero-order chi connectivity index (χ0) is 26.4. The third kappa shape index (κ3) is 4.72. The molecule has 2 aromatic rings. The first-order chi connectivity index (χ1) is 16.9. The lowest BCUT2D eigenvalue weighted by Crippen LogP contribution is -2.46. The molecular formula is C26H32BFN2O6. The maximum Gasteiger partial charge on any atom is 0.494 e. The van der Waals surface area contributed by atoms with E-state index < -0.39 is 48.7 Å². The number of rotatable bonds is 7. The highest BCUT2D eigenvalue weighted by Crippen LogP contribution is 2.37. The minimum Gasteiger partial charge on any atom is -0.497 e. The summed E-state index contributed by atoms with van der Waals surface area (Å²) in [6, 6.07) is 7.79. The molecule has 2 atom stereocenters. The zero-order valence-corrected chi connectivity index (χ0v) is 21.4. The molecule has 1 saturated heterocycles. The summed E-state index contributed by atoms with van der Waals surface area (Å²) in [6.45, 7) is 9.30. The van der Waals surface area contributed by atoms with E-state index >= 15 is 0 Å². The van der Waals surface area contributed by atoms with Crippen LogP contribution in [0.1, 0.15) is 62.1 Å². The molecule has 8 nitrogen and oxygen atoms in total. The summed E-state index contributed by atoms with van der Waals surface area (Å²) in [6.07, 6.45) is 0. The van der Waals surface area contributed by atoms with Crippen molar-refractivity contribution in [3.8, 4) is 5.75 Å². The molecule has 2 aliphatic heterocycles. The van der Waals surface area contributed by atoms with Crippen LogP contribution in [0.3, 0.4) is 0 Å². The van der Waals surface area contributed by atoms with Crippen LogP contribution in [0.15, 0.2) is 36.4 Å². The lowest BCUT2D eigenvalue weighted by Gasteiger charge is -2.32. The molecule has 1 fully saturated rings. The SMILES string of the molecule is COc1cc(F)cc(C(CO)NC(=O)C(C)N2Cc3ccc(B4OC(C)(C)C(C)(C)O4)cc3C2=O)c1. The van der Waals surface area contributed by atoms with Crippen molar-refractivity contribution in [3.63, 3.8) is 0 Å². The van der Waals surface area contributed by atoms with Crippen molar-refractivity contribution in [1.82, 2.24) is 10.2 Å². The Hall–Kier alpha value is -2.95. The Balaban J connectivity index is 1.48. The van der Waals surface area contributed by atoms with Gasteiger partial charge >= 0.3 is 7.12 Å². The molecular weight excluding hydrogens is 466 g/mol. The number of hydrogen-bond donors (Lipinski definition) is 2. The molecule has 36 heavy (non-hydrogen) atoms. The maximum absolute atomic E-state index is 13.9. The smallest absolute Gasteiger partial charge is 0.494 e. The van der Waals surface area contributed by atoms with Gasteiger partial charge in [0.25, 0.3) is 5.91 Å². The highest BCUT2D eigenvalue weighted by Gasteiger charge is 2.52. The lowest BCUT2D eigenvalue weighted by molar-refractivity contribution is -0.126. The van der Waals surface area contributed by atoms with Crippen LogP contribution in [0.2, 0.25) is 0 Å². The number of benzene rings is 2. The summed E-state index contributed by atoms with van der Waals surface area (Å²) in [4.78, 5) is 27.8. The van der Waals surface area contributed by atoms with E-state index in [1.165, 1.54) is 24.1 Å². The van der Waals surface area contributed by atoms with Crippen molar-refractivity contribution in [2.24, 2.45) is 0 Å². The fraction of sp³-hybridized carbons (Fsp3) is 0.462. The van der Waals surface area contributed by atoms with Crippen LogP contribution >= 0.6 is 0 Å². The van der Waals surface area contributed by atoms with E-state index in [2.05, 4.69) is 5.32 Å². The van der Waals surface area contributed by atoms with Gasteiger partial charge in [0.05, 0.1) is 31.0 Å². The van der Waals surface area contributed by atoms with E-state index in [4.69, 9.17) is 14.0 Å². The van der Waals surface area contributed by atoms with Gasteiger partial charge in [-0.1, -0.05) is 12.1 Å². The number of nitrogens with one attached hydrogen (secondary N) is 1. The Morgan fingerprint density at radius 2 is 1.86 bits per heavy atom. The van der Waals surface area contributed by atoms with Crippen molar-refractivity contribution in [2.45, 2.75) is 64.4 Å². The van der Waals surface area contributed by atoms with E-state index in [9.17, 15) is 19.1 Å². The van der Waals surface area contributed by atoms with Crippen LogP contribution in [-0.2, 0) is 20.6 Å². The molecule has 192 valence electrons. The van der Waals surface area contributed by atoms with E-state index in [1.54, 1.807) is 19.1 Å². The van der Waals surface area contributed by atoms with Crippen LogP contribution in [0.4, 0.5) is 4.39 Å². The molecule has 0 bridgehead atoms. The molecule has 2 unspecified atom stereocenters.